The fourth-order valence-electron chi connectivity index (χ4n) is 4.01. The molecule has 1 aliphatic rings. The van der Waals surface area contributed by atoms with Crippen molar-refractivity contribution in [3.05, 3.63) is 53.2 Å². The highest BCUT2D eigenvalue weighted by atomic mass is 16.5. The number of aryl methyl sites for hydroxylation is 1. The first kappa shape index (κ1) is 22.1. The molecule has 6 nitrogen and oxygen atoms in total. The third-order valence-corrected chi connectivity index (χ3v) is 5.62. The van der Waals surface area contributed by atoms with E-state index in [0.29, 0.717) is 11.6 Å². The predicted octanol–water partition coefficient (Wildman–Crippen LogP) is 4.06. The summed E-state index contributed by atoms with van der Waals surface area (Å²) < 4.78 is 10.7. The Morgan fingerprint density at radius 1 is 1.27 bits per heavy atom. The summed E-state index contributed by atoms with van der Waals surface area (Å²) in [5.41, 5.74) is 2.76. The van der Waals surface area contributed by atoms with E-state index >= 15 is 0 Å². The molecule has 0 saturated carbocycles. The topological polar surface area (TPSA) is 54.9 Å². The van der Waals surface area contributed by atoms with E-state index in [2.05, 4.69) is 33.8 Å². The number of aromatic nitrogens is 1. The Kier molecular flexibility index (Phi) is 7.32. The zero-order chi connectivity index (χ0) is 21.7. The molecule has 0 bridgehead atoms. The monoisotopic (exact) mass is 411 g/mol. The maximum absolute atomic E-state index is 12.7. The lowest BCUT2D eigenvalue weighted by Crippen LogP contribution is -2.37. The Labute approximate surface area is 179 Å². The van der Waals surface area contributed by atoms with Crippen molar-refractivity contribution in [2.75, 3.05) is 31.6 Å². The number of rotatable bonds is 8. The predicted molar refractivity (Wildman–Crippen MR) is 119 cm³/mol. The summed E-state index contributed by atoms with van der Waals surface area (Å²) in [5.74, 6) is 1.32. The summed E-state index contributed by atoms with van der Waals surface area (Å²) in [5, 5.41) is 0. The average molecular weight is 412 g/mol. The van der Waals surface area contributed by atoms with Gasteiger partial charge in [0, 0.05) is 31.9 Å². The van der Waals surface area contributed by atoms with Crippen molar-refractivity contribution in [1.82, 2.24) is 9.88 Å². The summed E-state index contributed by atoms with van der Waals surface area (Å²) in [6.07, 6.45) is 2.66. The number of likely N-dealkylation sites (N-methyl/N-ethyl adjacent to an activating group) is 1. The molecule has 1 fully saturated rings. The second kappa shape index (κ2) is 9.94. The van der Waals surface area contributed by atoms with E-state index < -0.39 is 0 Å². The van der Waals surface area contributed by atoms with Crippen molar-refractivity contribution in [2.24, 2.45) is 0 Å². The Bertz CT molecular complexity index is 851. The molecule has 1 aliphatic heterocycles. The molecule has 0 amide bonds. The van der Waals surface area contributed by atoms with Crippen LogP contribution in [0.4, 0.5) is 5.82 Å². The van der Waals surface area contributed by atoms with Gasteiger partial charge in [0.05, 0.1) is 13.2 Å². The SMILES string of the molecule is CCN(Cc1ccc(OC)cc1)C1CCN(c2nccc(C)c2C(=O)OC(C)C)C1. The van der Waals surface area contributed by atoms with E-state index in [0.717, 1.165) is 49.7 Å². The number of hydrogen-bond acceptors (Lipinski definition) is 6. The molecule has 6 heteroatoms. The van der Waals surface area contributed by atoms with Gasteiger partial charge in [-0.3, -0.25) is 4.90 Å². The van der Waals surface area contributed by atoms with Crippen LogP contribution in [0, 0.1) is 6.92 Å². The minimum absolute atomic E-state index is 0.156. The van der Waals surface area contributed by atoms with Crippen LogP contribution in [0.25, 0.3) is 0 Å². The third-order valence-electron chi connectivity index (χ3n) is 5.62. The van der Waals surface area contributed by atoms with Gasteiger partial charge in [-0.25, -0.2) is 9.78 Å². The average Bonchev–Trinajstić information content (AvgIpc) is 3.21. The first-order valence-electron chi connectivity index (χ1n) is 10.7. The van der Waals surface area contributed by atoms with E-state index in [1.54, 1.807) is 13.3 Å². The Morgan fingerprint density at radius 3 is 2.63 bits per heavy atom. The molecule has 1 atom stereocenters. The van der Waals surface area contributed by atoms with Gasteiger partial charge in [0.2, 0.25) is 0 Å². The van der Waals surface area contributed by atoms with E-state index in [1.807, 2.05) is 39.0 Å². The highest BCUT2D eigenvalue weighted by Gasteiger charge is 2.31. The molecule has 30 heavy (non-hydrogen) atoms. The number of carbonyl (C=O) groups is 1. The van der Waals surface area contributed by atoms with E-state index in [4.69, 9.17) is 9.47 Å². The maximum atomic E-state index is 12.7. The minimum atomic E-state index is -0.292. The van der Waals surface area contributed by atoms with Gasteiger partial charge in [-0.2, -0.15) is 0 Å². The van der Waals surface area contributed by atoms with Crippen LogP contribution in [-0.4, -0.2) is 54.7 Å². The van der Waals surface area contributed by atoms with Gasteiger partial charge in [0.15, 0.2) is 0 Å². The number of hydrogen-bond donors (Lipinski definition) is 0. The molecule has 0 N–H and O–H groups in total. The van der Waals surface area contributed by atoms with Crippen LogP contribution in [0.1, 0.15) is 48.7 Å². The van der Waals surface area contributed by atoms with E-state index in [9.17, 15) is 4.79 Å². The number of nitrogens with zero attached hydrogens (tertiary/aromatic N) is 3. The summed E-state index contributed by atoms with van der Waals surface area (Å²) in [6.45, 7) is 11.5. The van der Waals surface area contributed by atoms with Crippen molar-refractivity contribution in [3.8, 4) is 5.75 Å². The lowest BCUT2D eigenvalue weighted by molar-refractivity contribution is 0.0377. The van der Waals surface area contributed by atoms with Crippen LogP contribution in [-0.2, 0) is 11.3 Å². The molecule has 1 aromatic heterocycles. The van der Waals surface area contributed by atoms with Crippen molar-refractivity contribution >= 4 is 11.8 Å². The van der Waals surface area contributed by atoms with Crippen LogP contribution in [0.3, 0.4) is 0 Å². The molecule has 1 aromatic carbocycles. The molecular weight excluding hydrogens is 378 g/mol. The molecule has 1 unspecified atom stereocenters. The van der Waals surface area contributed by atoms with Gasteiger partial charge in [-0.05, 0) is 63.1 Å². The van der Waals surface area contributed by atoms with Crippen LogP contribution < -0.4 is 9.64 Å². The minimum Gasteiger partial charge on any atom is -0.497 e. The van der Waals surface area contributed by atoms with Crippen LogP contribution >= 0.6 is 0 Å². The van der Waals surface area contributed by atoms with Crippen molar-refractivity contribution in [1.29, 1.82) is 0 Å². The molecular formula is C24H33N3O3. The maximum Gasteiger partial charge on any atom is 0.342 e. The van der Waals surface area contributed by atoms with Crippen molar-refractivity contribution in [3.63, 3.8) is 0 Å². The molecule has 0 radical (unpaired) electrons. The Morgan fingerprint density at radius 2 is 2.00 bits per heavy atom. The first-order valence-corrected chi connectivity index (χ1v) is 10.7. The lowest BCUT2D eigenvalue weighted by atomic mass is 10.1. The van der Waals surface area contributed by atoms with Crippen molar-refractivity contribution in [2.45, 2.75) is 52.8 Å². The number of benzene rings is 1. The number of anilines is 1. The quantitative estimate of drug-likeness (QED) is 0.611. The summed E-state index contributed by atoms with van der Waals surface area (Å²) >= 11 is 0. The lowest BCUT2D eigenvalue weighted by Gasteiger charge is -2.28. The molecule has 0 aliphatic carbocycles. The second-order valence-corrected chi connectivity index (χ2v) is 8.08. The molecule has 3 rings (SSSR count). The second-order valence-electron chi connectivity index (χ2n) is 8.08. The number of pyridine rings is 1. The standard InChI is InChI=1S/C24H33N3O3/c1-6-26(15-19-7-9-21(29-5)10-8-19)20-12-14-27(16-20)23-22(18(4)11-13-25-23)24(28)30-17(2)3/h7-11,13,17,20H,6,12,14-16H2,1-5H3. The Balaban J connectivity index is 1.73. The number of ether oxygens (including phenoxy) is 2. The third kappa shape index (κ3) is 5.11. The normalized spacial score (nSPS) is 16.4. The van der Waals surface area contributed by atoms with Gasteiger partial charge in [0.1, 0.15) is 17.1 Å². The molecule has 2 heterocycles. The molecule has 1 saturated heterocycles. The van der Waals surface area contributed by atoms with Crippen molar-refractivity contribution < 1.29 is 14.3 Å². The van der Waals surface area contributed by atoms with Crippen LogP contribution in [0.2, 0.25) is 0 Å². The summed E-state index contributed by atoms with van der Waals surface area (Å²) in [7, 11) is 1.69. The molecule has 162 valence electrons. The van der Waals surface area contributed by atoms with Gasteiger partial charge in [-0.15, -0.1) is 0 Å². The van der Waals surface area contributed by atoms with Crippen LogP contribution in [0.5, 0.6) is 5.75 Å². The van der Waals surface area contributed by atoms with Gasteiger partial charge < -0.3 is 14.4 Å². The van der Waals surface area contributed by atoms with Gasteiger partial charge in [0.25, 0.3) is 0 Å². The smallest absolute Gasteiger partial charge is 0.342 e. The zero-order valence-electron chi connectivity index (χ0n) is 18.7. The van der Waals surface area contributed by atoms with Gasteiger partial charge in [-0.1, -0.05) is 19.1 Å². The summed E-state index contributed by atoms with van der Waals surface area (Å²) in [4.78, 5) is 22.0. The fourth-order valence-corrected chi connectivity index (χ4v) is 4.01. The van der Waals surface area contributed by atoms with Gasteiger partial charge >= 0.3 is 5.97 Å². The highest BCUT2D eigenvalue weighted by Crippen LogP contribution is 2.28. The molecule has 2 aromatic rings. The summed E-state index contributed by atoms with van der Waals surface area (Å²) in [6, 6.07) is 10.5. The largest absolute Gasteiger partial charge is 0.497 e. The fraction of sp³-hybridized carbons (Fsp3) is 0.500. The number of esters is 1. The molecule has 0 spiro atoms. The van der Waals surface area contributed by atoms with E-state index in [1.165, 1.54) is 5.56 Å². The Hall–Kier alpha value is -2.60. The first-order chi connectivity index (χ1) is 14.4. The van der Waals surface area contributed by atoms with Crippen LogP contribution in [0.15, 0.2) is 36.5 Å². The number of methoxy groups -OCH3 is 1. The highest BCUT2D eigenvalue weighted by molar-refractivity contribution is 5.96. The van der Waals surface area contributed by atoms with E-state index in [-0.39, 0.29) is 12.1 Å². The zero-order valence-corrected chi connectivity index (χ0v) is 18.7. The number of carbonyl (C=O) groups excluding carboxylic acids is 1.